The highest BCUT2D eigenvalue weighted by molar-refractivity contribution is 14.1. The van der Waals surface area contributed by atoms with Crippen molar-refractivity contribution in [1.82, 2.24) is 10.2 Å². The summed E-state index contributed by atoms with van der Waals surface area (Å²) in [6.45, 7) is 0. The zero-order chi connectivity index (χ0) is 21.0. The number of primary amides is 1. The summed E-state index contributed by atoms with van der Waals surface area (Å²) in [5.41, 5.74) is 7.37. The van der Waals surface area contributed by atoms with E-state index in [9.17, 15) is 20.0 Å². The van der Waals surface area contributed by atoms with Crippen LogP contribution in [0.5, 0.6) is 5.75 Å². The third-order valence-corrected chi connectivity index (χ3v) is 4.76. The van der Waals surface area contributed by atoms with Gasteiger partial charge in [-0.2, -0.15) is 5.10 Å². The Morgan fingerprint density at radius 2 is 2.17 bits per heavy atom. The number of hydrogen-bond acceptors (Lipinski definition) is 7. The first-order chi connectivity index (χ1) is 13.9. The van der Waals surface area contributed by atoms with Gasteiger partial charge in [-0.1, -0.05) is 34.7 Å². The molecule has 0 saturated heterocycles. The highest BCUT2D eigenvalue weighted by Gasteiger charge is 2.18. The van der Waals surface area contributed by atoms with Gasteiger partial charge in [-0.25, -0.2) is 4.99 Å². The van der Waals surface area contributed by atoms with Crippen molar-refractivity contribution in [2.45, 2.75) is 4.43 Å². The number of benzene rings is 2. The van der Waals surface area contributed by atoms with Gasteiger partial charge < -0.3 is 16.2 Å². The molecule has 0 aliphatic heterocycles. The lowest BCUT2D eigenvalue weighted by Gasteiger charge is -2.06. The predicted molar refractivity (Wildman–Crippen MR) is 117 cm³/mol. The molecule has 0 fully saturated rings. The topological polar surface area (TPSA) is 160 Å². The summed E-state index contributed by atoms with van der Waals surface area (Å²) in [6.07, 6.45) is 1.31. The number of H-pyrrole nitrogens is 1. The Kier molecular flexibility index (Phi) is 6.07. The zero-order valence-electron chi connectivity index (χ0n) is 14.8. The molecule has 1 amide bonds. The lowest BCUT2D eigenvalue weighted by Crippen LogP contribution is -2.12. The van der Waals surface area contributed by atoms with Crippen molar-refractivity contribution in [3.8, 4) is 5.75 Å². The Morgan fingerprint density at radius 3 is 2.83 bits per heavy atom. The van der Waals surface area contributed by atoms with Gasteiger partial charge in [0.1, 0.15) is 11.4 Å². The molecular formula is C18H15IN6O4. The van der Waals surface area contributed by atoms with Gasteiger partial charge in [0, 0.05) is 22.4 Å². The molecule has 5 N–H and O–H groups in total. The second-order valence-electron chi connectivity index (χ2n) is 5.88. The number of hydrogen-bond donors (Lipinski definition) is 4. The Balaban J connectivity index is 1.88. The molecule has 11 heteroatoms. The summed E-state index contributed by atoms with van der Waals surface area (Å²) < 4.78 is 0.830. The van der Waals surface area contributed by atoms with Gasteiger partial charge in [0.15, 0.2) is 11.6 Å². The monoisotopic (exact) mass is 506 g/mol. The maximum Gasteiger partial charge on any atom is 0.310 e. The number of nitrogens with zero attached hydrogens (tertiary/aromatic N) is 3. The van der Waals surface area contributed by atoms with E-state index < -0.39 is 22.3 Å². The number of phenolic OH excluding ortho intramolecular Hbond substituents is 1. The van der Waals surface area contributed by atoms with Crippen molar-refractivity contribution in [2.75, 3.05) is 5.32 Å². The van der Waals surface area contributed by atoms with Crippen LogP contribution in [0.15, 0.2) is 47.5 Å². The third-order valence-electron chi connectivity index (χ3n) is 3.88. The van der Waals surface area contributed by atoms with Gasteiger partial charge in [0.25, 0.3) is 5.91 Å². The number of alkyl halides is 1. The second-order valence-corrected chi connectivity index (χ2v) is 6.65. The average Bonchev–Trinajstić information content (AvgIpc) is 3.09. The number of anilines is 2. The molecule has 3 rings (SSSR count). The normalized spacial score (nSPS) is 10.9. The van der Waals surface area contributed by atoms with Gasteiger partial charge in [-0.05, 0) is 35.4 Å². The van der Waals surface area contributed by atoms with E-state index in [2.05, 4.69) is 43.1 Å². The van der Waals surface area contributed by atoms with Crippen LogP contribution in [0.2, 0.25) is 0 Å². The number of amides is 1. The lowest BCUT2D eigenvalue weighted by molar-refractivity contribution is -0.385. The average molecular weight is 506 g/mol. The molecule has 148 valence electrons. The van der Waals surface area contributed by atoms with E-state index in [-0.39, 0.29) is 11.4 Å². The first-order valence-corrected chi connectivity index (χ1v) is 9.73. The molecule has 1 heterocycles. The van der Waals surface area contributed by atoms with E-state index in [4.69, 9.17) is 5.73 Å². The van der Waals surface area contributed by atoms with Crippen molar-refractivity contribution < 1.29 is 14.8 Å². The Hall–Kier alpha value is -3.48. The first kappa shape index (κ1) is 20.3. The van der Waals surface area contributed by atoms with Gasteiger partial charge in [0.05, 0.1) is 4.92 Å². The van der Waals surface area contributed by atoms with Crippen LogP contribution in [-0.4, -0.2) is 32.3 Å². The minimum absolute atomic E-state index is 0.0443. The molecular weight excluding hydrogens is 491 g/mol. The van der Waals surface area contributed by atoms with Crippen molar-refractivity contribution >= 4 is 57.7 Å². The minimum Gasteiger partial charge on any atom is -0.502 e. The largest absolute Gasteiger partial charge is 0.502 e. The van der Waals surface area contributed by atoms with Crippen molar-refractivity contribution in [3.63, 3.8) is 0 Å². The molecule has 0 aliphatic carbocycles. The molecule has 0 radical (unpaired) electrons. The van der Waals surface area contributed by atoms with Crippen LogP contribution < -0.4 is 11.1 Å². The molecule has 0 unspecified atom stereocenters. The van der Waals surface area contributed by atoms with Crippen molar-refractivity contribution in [3.05, 3.63) is 69.3 Å². The van der Waals surface area contributed by atoms with Gasteiger partial charge >= 0.3 is 5.69 Å². The van der Waals surface area contributed by atoms with Crippen LogP contribution in [0.1, 0.15) is 21.5 Å². The maximum absolute atomic E-state index is 11.9. The van der Waals surface area contributed by atoms with E-state index in [1.165, 1.54) is 18.3 Å². The number of nitro groups is 1. The number of aromatic hydroxyl groups is 1. The van der Waals surface area contributed by atoms with Crippen LogP contribution in [0.25, 0.3) is 0 Å². The highest BCUT2D eigenvalue weighted by Crippen LogP contribution is 2.28. The fourth-order valence-electron chi connectivity index (χ4n) is 2.54. The molecule has 0 saturated carbocycles. The molecule has 0 spiro atoms. The number of halogens is 1. The number of nitro benzene ring substituents is 1. The maximum atomic E-state index is 11.9. The standard InChI is InChI=1S/C18H15IN6O4/c19-8-10-2-1-3-12(6-10)22-18-15(16(20)27)17(23-24-18)21-9-11-4-5-13(25(28)29)14(26)7-11/h1-7,9,26H,8H2,(H2,20,27)(H2,22,23,24). The molecule has 1 aromatic heterocycles. The van der Waals surface area contributed by atoms with E-state index in [0.717, 1.165) is 21.7 Å². The highest BCUT2D eigenvalue weighted by atomic mass is 127. The van der Waals surface area contributed by atoms with Gasteiger partial charge in [-0.3, -0.25) is 20.0 Å². The zero-order valence-corrected chi connectivity index (χ0v) is 17.0. The SMILES string of the molecule is NC(=O)c1c(N=Cc2ccc([N+](=O)[O-])c(O)c2)n[nH]c1Nc1cccc(CI)c1. The molecule has 29 heavy (non-hydrogen) atoms. The number of phenols is 1. The Morgan fingerprint density at radius 1 is 1.38 bits per heavy atom. The number of carbonyl (C=O) groups is 1. The fourth-order valence-corrected chi connectivity index (χ4v) is 3.01. The number of aromatic amines is 1. The summed E-state index contributed by atoms with van der Waals surface area (Å²) in [5.74, 6) is -0.886. The van der Waals surface area contributed by atoms with Crippen LogP contribution in [0, 0.1) is 10.1 Å². The van der Waals surface area contributed by atoms with E-state index in [0.29, 0.717) is 11.4 Å². The molecule has 0 bridgehead atoms. The fraction of sp³-hybridized carbons (Fsp3) is 0.0556. The smallest absolute Gasteiger partial charge is 0.310 e. The van der Waals surface area contributed by atoms with Crippen LogP contribution in [0.4, 0.5) is 23.0 Å². The Labute approximate surface area is 178 Å². The number of nitrogens with two attached hydrogens (primary N) is 1. The summed E-state index contributed by atoms with van der Waals surface area (Å²) in [5, 5.41) is 30.2. The van der Waals surface area contributed by atoms with Crippen molar-refractivity contribution in [1.29, 1.82) is 0 Å². The van der Waals surface area contributed by atoms with Crippen LogP contribution >= 0.6 is 22.6 Å². The third kappa shape index (κ3) is 4.68. The van der Waals surface area contributed by atoms with Gasteiger partial charge in [-0.15, -0.1) is 0 Å². The molecule has 2 aromatic carbocycles. The number of carbonyl (C=O) groups excluding carboxylic acids is 1. The predicted octanol–water partition coefficient (Wildman–Crippen LogP) is 3.55. The first-order valence-electron chi connectivity index (χ1n) is 8.20. The Bertz CT molecular complexity index is 1110. The number of aromatic nitrogens is 2. The molecule has 0 aliphatic rings. The molecule has 3 aromatic rings. The number of nitrogens with one attached hydrogen (secondary N) is 2. The van der Waals surface area contributed by atoms with Crippen LogP contribution in [0.3, 0.4) is 0 Å². The van der Waals surface area contributed by atoms with Crippen LogP contribution in [-0.2, 0) is 4.43 Å². The van der Waals surface area contributed by atoms with Gasteiger partial charge in [0.2, 0.25) is 0 Å². The van der Waals surface area contributed by atoms with E-state index >= 15 is 0 Å². The number of rotatable bonds is 7. The molecule has 0 atom stereocenters. The minimum atomic E-state index is -0.731. The summed E-state index contributed by atoms with van der Waals surface area (Å²) >= 11 is 2.25. The molecule has 10 nitrogen and oxygen atoms in total. The van der Waals surface area contributed by atoms with E-state index in [1.807, 2.05) is 24.3 Å². The second kappa shape index (κ2) is 8.68. The lowest BCUT2D eigenvalue weighted by atomic mass is 10.2. The summed E-state index contributed by atoms with van der Waals surface area (Å²) in [6, 6.07) is 11.4. The summed E-state index contributed by atoms with van der Waals surface area (Å²) in [7, 11) is 0. The van der Waals surface area contributed by atoms with E-state index in [1.54, 1.807) is 0 Å². The van der Waals surface area contributed by atoms with Crippen molar-refractivity contribution in [2.24, 2.45) is 10.7 Å². The number of aliphatic imine (C=N–C) groups is 1. The summed E-state index contributed by atoms with van der Waals surface area (Å²) in [4.78, 5) is 26.1. The quantitative estimate of drug-likeness (QED) is 0.126.